The summed E-state index contributed by atoms with van der Waals surface area (Å²) in [5.41, 5.74) is 4.12. The summed E-state index contributed by atoms with van der Waals surface area (Å²) < 4.78 is 0. The van der Waals surface area contributed by atoms with Crippen LogP contribution in [-0.2, 0) is 11.8 Å². The lowest BCUT2D eigenvalue weighted by Gasteiger charge is -2.72. The van der Waals surface area contributed by atoms with Gasteiger partial charge in [-0.25, -0.2) is 0 Å². The van der Waals surface area contributed by atoms with Crippen LogP contribution in [0.4, 0.5) is 0 Å². The van der Waals surface area contributed by atoms with Gasteiger partial charge in [-0.2, -0.15) is 5.10 Å². The van der Waals surface area contributed by atoms with Crippen molar-refractivity contribution in [3.05, 3.63) is 23.5 Å². The van der Waals surface area contributed by atoms with Crippen molar-refractivity contribution in [1.29, 1.82) is 0 Å². The van der Waals surface area contributed by atoms with Gasteiger partial charge < -0.3 is 5.11 Å². The molecule has 0 aliphatic heterocycles. The molecule has 0 radical (unpaired) electrons. The Morgan fingerprint density at radius 2 is 1.68 bits per heavy atom. The lowest BCUT2D eigenvalue weighted by atomic mass is 9.32. The lowest BCUT2D eigenvalue weighted by molar-refractivity contribution is -0.228. The Hall–Kier alpha value is -1.49. The molecule has 0 bridgehead atoms. The van der Waals surface area contributed by atoms with Crippen LogP contribution in [0.1, 0.15) is 116 Å². The molecule has 0 amide bonds. The predicted octanol–water partition coefficient (Wildman–Crippen LogP) is 6.60. The smallest absolute Gasteiger partial charge is 0.261 e. The minimum absolute atomic E-state index is 0.0930. The number of carbonyl (C=O) groups excluding carboxylic acids is 1. The van der Waals surface area contributed by atoms with Gasteiger partial charge in [-0.3, -0.25) is 4.79 Å². The fourth-order valence-corrected chi connectivity index (χ4v) is 12.0. The SMILES string of the molecule is C=C(C)[C@@H]1CC[C@]2(CO)CC[C@]3(C)[C@H](CC[C@@H]4[C@@]5(C)Cc6nn(C(C)=O)nc6C(C)(C)[C@@H]5CC[C@]43C)[C@@H]12. The summed E-state index contributed by atoms with van der Waals surface area (Å²) in [5.74, 6) is 2.85. The Balaban J connectivity index is 1.42. The van der Waals surface area contributed by atoms with Crippen molar-refractivity contribution in [2.24, 2.45) is 51.2 Å². The van der Waals surface area contributed by atoms with Gasteiger partial charge in [0, 0.05) is 18.9 Å². The standard InChI is InChI=1S/C32H49N3O2/c1-19(2)21-11-14-32(18-36)16-15-30(7)22(26(21)32)9-10-25-29(6)17-23-27(34-35(33-23)20(3)37)28(4,5)24(29)12-13-31(25,30)8/h21-22,24-26,36H,1,9-18H2,2-8H3/t21-,22+,24-,25+,26+,29-,30+,31+,32+/m0/s1. The van der Waals surface area contributed by atoms with Gasteiger partial charge in [-0.1, -0.05) is 46.8 Å². The van der Waals surface area contributed by atoms with Crippen LogP contribution in [0.5, 0.6) is 0 Å². The number of nitrogens with zero attached hydrogens (tertiary/aromatic N) is 3. The van der Waals surface area contributed by atoms with Crippen LogP contribution in [0.15, 0.2) is 12.2 Å². The van der Waals surface area contributed by atoms with Crippen LogP contribution in [0.2, 0.25) is 0 Å². The molecule has 6 rings (SSSR count). The second kappa shape index (κ2) is 7.79. The molecule has 0 spiro atoms. The van der Waals surface area contributed by atoms with Gasteiger partial charge in [0.1, 0.15) is 0 Å². The molecule has 4 saturated carbocycles. The molecule has 5 nitrogen and oxygen atoms in total. The first-order valence-corrected chi connectivity index (χ1v) is 15.0. The number of hydrogen-bond donors (Lipinski definition) is 1. The Labute approximate surface area is 223 Å². The maximum atomic E-state index is 12.2. The third-order valence-electron chi connectivity index (χ3n) is 13.8. The van der Waals surface area contributed by atoms with Crippen molar-refractivity contribution < 1.29 is 9.90 Å². The quantitative estimate of drug-likeness (QED) is 0.458. The fourth-order valence-electron chi connectivity index (χ4n) is 12.0. The number of allylic oxidation sites excluding steroid dienone is 1. The van der Waals surface area contributed by atoms with Crippen LogP contribution in [0.25, 0.3) is 0 Å². The number of aliphatic hydroxyl groups excluding tert-OH is 1. The Kier molecular flexibility index (Phi) is 5.43. The predicted molar refractivity (Wildman–Crippen MR) is 146 cm³/mol. The molecule has 5 heteroatoms. The van der Waals surface area contributed by atoms with Crippen LogP contribution >= 0.6 is 0 Å². The van der Waals surface area contributed by atoms with Gasteiger partial charge >= 0.3 is 0 Å². The Bertz CT molecular complexity index is 1150. The average molecular weight is 508 g/mol. The first-order chi connectivity index (χ1) is 17.2. The minimum atomic E-state index is -0.102. The number of rotatable bonds is 2. The maximum Gasteiger partial charge on any atom is 0.261 e. The molecule has 0 aromatic carbocycles. The van der Waals surface area contributed by atoms with E-state index in [0.29, 0.717) is 36.2 Å². The molecular weight excluding hydrogens is 458 g/mol. The van der Waals surface area contributed by atoms with Crippen molar-refractivity contribution in [1.82, 2.24) is 15.0 Å². The van der Waals surface area contributed by atoms with E-state index in [1.165, 1.54) is 55.3 Å². The Morgan fingerprint density at radius 3 is 2.32 bits per heavy atom. The van der Waals surface area contributed by atoms with Crippen molar-refractivity contribution in [2.75, 3.05) is 6.61 Å². The normalized spacial score (nSPS) is 47.7. The van der Waals surface area contributed by atoms with Crippen molar-refractivity contribution in [3.63, 3.8) is 0 Å². The molecule has 1 N–H and O–H groups in total. The molecule has 4 fully saturated rings. The van der Waals surface area contributed by atoms with Crippen molar-refractivity contribution in [2.45, 2.75) is 112 Å². The molecule has 0 unspecified atom stereocenters. The number of hydrogen-bond acceptors (Lipinski definition) is 4. The van der Waals surface area contributed by atoms with E-state index in [-0.39, 0.29) is 33.0 Å². The van der Waals surface area contributed by atoms with E-state index in [2.05, 4.69) is 48.1 Å². The summed E-state index contributed by atoms with van der Waals surface area (Å²) in [6.45, 7) is 21.2. The van der Waals surface area contributed by atoms with Gasteiger partial charge in [-0.15, -0.1) is 9.90 Å². The number of aliphatic hydroxyl groups is 1. The molecule has 5 aliphatic carbocycles. The van der Waals surface area contributed by atoms with E-state index in [1.54, 1.807) is 6.92 Å². The van der Waals surface area contributed by atoms with Crippen molar-refractivity contribution >= 4 is 5.91 Å². The monoisotopic (exact) mass is 507 g/mol. The summed E-state index contributed by atoms with van der Waals surface area (Å²) >= 11 is 0. The second-order valence-electron chi connectivity index (χ2n) is 15.4. The van der Waals surface area contributed by atoms with Crippen LogP contribution in [0, 0.1) is 51.2 Å². The summed E-state index contributed by atoms with van der Waals surface area (Å²) in [6, 6.07) is 0. The summed E-state index contributed by atoms with van der Waals surface area (Å²) in [4.78, 5) is 13.5. The fraction of sp³-hybridized carbons (Fsp3) is 0.844. The molecule has 0 saturated heterocycles. The van der Waals surface area contributed by atoms with Gasteiger partial charge in [0.05, 0.1) is 11.4 Å². The van der Waals surface area contributed by atoms with Crippen LogP contribution in [-0.4, -0.2) is 32.6 Å². The Morgan fingerprint density at radius 1 is 0.946 bits per heavy atom. The minimum Gasteiger partial charge on any atom is -0.396 e. The molecule has 37 heavy (non-hydrogen) atoms. The highest BCUT2D eigenvalue weighted by Crippen LogP contribution is 2.77. The van der Waals surface area contributed by atoms with E-state index in [0.717, 1.165) is 24.2 Å². The largest absolute Gasteiger partial charge is 0.396 e. The van der Waals surface area contributed by atoms with E-state index in [4.69, 9.17) is 10.2 Å². The molecular formula is C32H49N3O2. The zero-order valence-electron chi connectivity index (χ0n) is 24.4. The van der Waals surface area contributed by atoms with E-state index in [9.17, 15) is 9.90 Å². The molecule has 1 aromatic rings. The van der Waals surface area contributed by atoms with Crippen LogP contribution in [0.3, 0.4) is 0 Å². The first-order valence-electron chi connectivity index (χ1n) is 15.0. The summed E-state index contributed by atoms with van der Waals surface area (Å²) in [5, 5.41) is 20.2. The van der Waals surface area contributed by atoms with Crippen LogP contribution < -0.4 is 0 Å². The average Bonchev–Trinajstić information content (AvgIpc) is 3.42. The van der Waals surface area contributed by atoms with E-state index < -0.39 is 0 Å². The van der Waals surface area contributed by atoms with Gasteiger partial charge in [0.25, 0.3) is 5.91 Å². The molecule has 9 atom stereocenters. The van der Waals surface area contributed by atoms with Crippen molar-refractivity contribution in [3.8, 4) is 0 Å². The number of carbonyl (C=O) groups is 1. The number of aromatic nitrogens is 3. The lowest BCUT2D eigenvalue weighted by Crippen LogP contribution is -2.66. The van der Waals surface area contributed by atoms with E-state index in [1.807, 2.05) is 0 Å². The number of fused-ring (bicyclic) bond motifs is 8. The third kappa shape index (κ3) is 3.04. The van der Waals surface area contributed by atoms with E-state index >= 15 is 0 Å². The molecule has 1 heterocycles. The second-order valence-corrected chi connectivity index (χ2v) is 15.4. The molecule has 5 aliphatic rings. The third-order valence-corrected chi connectivity index (χ3v) is 13.8. The topological polar surface area (TPSA) is 68.0 Å². The summed E-state index contributed by atoms with van der Waals surface area (Å²) in [6.07, 6.45) is 10.7. The highest BCUT2D eigenvalue weighted by molar-refractivity contribution is 5.74. The highest BCUT2D eigenvalue weighted by atomic mass is 16.3. The zero-order valence-corrected chi connectivity index (χ0v) is 24.4. The van der Waals surface area contributed by atoms with Gasteiger partial charge in [0.15, 0.2) is 0 Å². The van der Waals surface area contributed by atoms with Gasteiger partial charge in [0.2, 0.25) is 0 Å². The molecule has 204 valence electrons. The highest BCUT2D eigenvalue weighted by Gasteiger charge is 2.71. The zero-order chi connectivity index (χ0) is 26.8. The first kappa shape index (κ1) is 25.8. The summed E-state index contributed by atoms with van der Waals surface area (Å²) in [7, 11) is 0. The maximum absolute atomic E-state index is 12.2. The van der Waals surface area contributed by atoms with Gasteiger partial charge in [-0.05, 0) is 116 Å². The molecule has 1 aromatic heterocycles.